The molecular weight excluding hydrogens is 230 g/mol. The van der Waals surface area contributed by atoms with E-state index in [1.165, 1.54) is 0 Å². The van der Waals surface area contributed by atoms with Gasteiger partial charge in [0.15, 0.2) is 5.78 Å². The molecule has 1 unspecified atom stereocenters. The van der Waals surface area contributed by atoms with Crippen LogP contribution in [0.5, 0.6) is 0 Å². The first kappa shape index (κ1) is 13.3. The molecular formula is C12H12F2O3. The van der Waals surface area contributed by atoms with Gasteiger partial charge in [-0.2, -0.15) is 0 Å². The Labute approximate surface area is 97.1 Å². The summed E-state index contributed by atoms with van der Waals surface area (Å²) in [6.45, 7) is 1.59. The topological polar surface area (TPSA) is 54.4 Å². The van der Waals surface area contributed by atoms with Crippen LogP contribution < -0.4 is 0 Å². The highest BCUT2D eigenvalue weighted by Crippen LogP contribution is 2.16. The van der Waals surface area contributed by atoms with Crippen LogP contribution >= 0.6 is 0 Å². The standard InChI is InChI=1S/C12H12F2O3/c1-7(5-12(16)17)4-11(15)9-3-2-8(13)6-10(9)14/h2-3,6-7H,4-5H2,1H3,(H,16,17). The van der Waals surface area contributed by atoms with Gasteiger partial charge < -0.3 is 5.11 Å². The third kappa shape index (κ3) is 3.94. The summed E-state index contributed by atoms with van der Waals surface area (Å²) in [5.41, 5.74) is -0.205. The molecule has 0 aliphatic rings. The fraction of sp³-hybridized carbons (Fsp3) is 0.333. The fourth-order valence-electron chi connectivity index (χ4n) is 1.51. The number of carbonyl (C=O) groups excluding carboxylic acids is 1. The van der Waals surface area contributed by atoms with Gasteiger partial charge in [-0.1, -0.05) is 6.92 Å². The summed E-state index contributed by atoms with van der Waals surface area (Å²) < 4.78 is 25.9. The molecule has 0 aromatic heterocycles. The SMILES string of the molecule is CC(CC(=O)O)CC(=O)c1ccc(F)cc1F. The molecule has 1 rings (SSSR count). The van der Waals surface area contributed by atoms with E-state index in [2.05, 4.69) is 0 Å². The van der Waals surface area contributed by atoms with E-state index >= 15 is 0 Å². The number of Topliss-reactive ketones (excluding diaryl/α,β-unsaturated/α-hetero) is 1. The van der Waals surface area contributed by atoms with E-state index in [0.717, 1.165) is 12.1 Å². The van der Waals surface area contributed by atoms with Crippen LogP contribution in [0.25, 0.3) is 0 Å². The molecule has 0 saturated heterocycles. The van der Waals surface area contributed by atoms with Gasteiger partial charge in [0.05, 0.1) is 5.56 Å². The number of carbonyl (C=O) groups is 2. The molecule has 17 heavy (non-hydrogen) atoms. The maximum atomic E-state index is 13.2. The van der Waals surface area contributed by atoms with Crippen molar-refractivity contribution < 1.29 is 23.5 Å². The Kier molecular flexibility index (Phi) is 4.31. The van der Waals surface area contributed by atoms with E-state index < -0.39 is 23.4 Å². The number of ketones is 1. The minimum atomic E-state index is -1.01. The first-order valence-electron chi connectivity index (χ1n) is 5.10. The number of rotatable bonds is 5. The lowest BCUT2D eigenvalue weighted by atomic mass is 9.97. The van der Waals surface area contributed by atoms with Gasteiger partial charge in [0.2, 0.25) is 0 Å². The Bertz CT molecular complexity index is 443. The van der Waals surface area contributed by atoms with Crippen LogP contribution in [0.1, 0.15) is 30.1 Å². The summed E-state index contributed by atoms with van der Waals surface area (Å²) in [6, 6.07) is 2.70. The highest BCUT2D eigenvalue weighted by atomic mass is 19.1. The largest absolute Gasteiger partial charge is 0.481 e. The lowest BCUT2D eigenvalue weighted by molar-refractivity contribution is -0.137. The highest BCUT2D eigenvalue weighted by Gasteiger charge is 2.17. The Balaban J connectivity index is 2.73. The van der Waals surface area contributed by atoms with Crippen LogP contribution in [-0.4, -0.2) is 16.9 Å². The average Bonchev–Trinajstić information content (AvgIpc) is 2.15. The van der Waals surface area contributed by atoms with E-state index in [9.17, 15) is 18.4 Å². The van der Waals surface area contributed by atoms with Crippen molar-refractivity contribution in [3.05, 3.63) is 35.4 Å². The highest BCUT2D eigenvalue weighted by molar-refractivity contribution is 5.96. The van der Waals surface area contributed by atoms with Crippen molar-refractivity contribution in [3.8, 4) is 0 Å². The van der Waals surface area contributed by atoms with Gasteiger partial charge in [-0.3, -0.25) is 9.59 Å². The minimum Gasteiger partial charge on any atom is -0.481 e. The molecule has 1 N–H and O–H groups in total. The van der Waals surface area contributed by atoms with Gasteiger partial charge in [-0.25, -0.2) is 8.78 Å². The van der Waals surface area contributed by atoms with Crippen LogP contribution in [0.15, 0.2) is 18.2 Å². The molecule has 0 aliphatic carbocycles. The number of hydrogen-bond donors (Lipinski definition) is 1. The molecule has 92 valence electrons. The molecule has 0 amide bonds. The number of aliphatic carboxylic acids is 1. The van der Waals surface area contributed by atoms with Crippen LogP contribution in [0.4, 0.5) is 8.78 Å². The quantitative estimate of drug-likeness (QED) is 0.807. The Morgan fingerprint density at radius 2 is 1.94 bits per heavy atom. The summed E-state index contributed by atoms with van der Waals surface area (Å²) >= 11 is 0. The lowest BCUT2D eigenvalue weighted by Gasteiger charge is -2.08. The second-order valence-corrected chi connectivity index (χ2v) is 3.95. The monoisotopic (exact) mass is 242 g/mol. The predicted octanol–water partition coefficient (Wildman–Crippen LogP) is 2.65. The molecule has 0 aliphatic heterocycles. The van der Waals surface area contributed by atoms with Crippen LogP contribution in [0, 0.1) is 17.6 Å². The molecule has 0 bridgehead atoms. The normalized spacial score (nSPS) is 12.2. The summed E-state index contributed by atoms with van der Waals surface area (Å²) in [7, 11) is 0. The van der Waals surface area contributed by atoms with Crippen molar-refractivity contribution in [2.45, 2.75) is 19.8 Å². The van der Waals surface area contributed by atoms with Gasteiger partial charge in [0.1, 0.15) is 11.6 Å². The van der Waals surface area contributed by atoms with Crippen LogP contribution in [0.3, 0.4) is 0 Å². The van der Waals surface area contributed by atoms with E-state index in [0.29, 0.717) is 6.07 Å². The minimum absolute atomic E-state index is 0.0746. The summed E-state index contributed by atoms with van der Waals surface area (Å²) in [4.78, 5) is 22.0. The van der Waals surface area contributed by atoms with Gasteiger partial charge in [-0.15, -0.1) is 0 Å². The molecule has 0 fully saturated rings. The van der Waals surface area contributed by atoms with Crippen molar-refractivity contribution in [2.75, 3.05) is 0 Å². The Hall–Kier alpha value is -1.78. The smallest absolute Gasteiger partial charge is 0.303 e. The molecule has 0 spiro atoms. The predicted molar refractivity (Wildman–Crippen MR) is 56.7 cm³/mol. The van der Waals surface area contributed by atoms with Crippen molar-refractivity contribution in [2.24, 2.45) is 5.92 Å². The second-order valence-electron chi connectivity index (χ2n) is 3.95. The van der Waals surface area contributed by atoms with E-state index in [-0.39, 0.29) is 24.3 Å². The molecule has 1 aromatic carbocycles. The molecule has 1 aromatic rings. The number of carboxylic acid groups (broad SMARTS) is 1. The van der Waals surface area contributed by atoms with Gasteiger partial charge >= 0.3 is 5.97 Å². The van der Waals surface area contributed by atoms with Crippen LogP contribution in [-0.2, 0) is 4.79 Å². The summed E-state index contributed by atoms with van der Waals surface area (Å²) in [5, 5.41) is 8.52. The zero-order valence-electron chi connectivity index (χ0n) is 9.24. The number of carboxylic acids is 1. The van der Waals surface area contributed by atoms with Crippen LogP contribution in [0.2, 0.25) is 0 Å². The third-order valence-electron chi connectivity index (χ3n) is 2.29. The van der Waals surface area contributed by atoms with E-state index in [1.54, 1.807) is 6.92 Å². The van der Waals surface area contributed by atoms with E-state index in [1.807, 2.05) is 0 Å². The zero-order chi connectivity index (χ0) is 13.0. The zero-order valence-corrected chi connectivity index (χ0v) is 9.24. The van der Waals surface area contributed by atoms with Crippen molar-refractivity contribution in [1.29, 1.82) is 0 Å². The van der Waals surface area contributed by atoms with Crippen molar-refractivity contribution in [3.63, 3.8) is 0 Å². The molecule has 1 atom stereocenters. The Morgan fingerprint density at radius 1 is 1.29 bits per heavy atom. The first-order chi connectivity index (χ1) is 7.90. The molecule has 0 saturated carbocycles. The number of halogens is 2. The molecule has 0 heterocycles. The summed E-state index contributed by atoms with van der Waals surface area (Å²) in [5.74, 6) is -3.58. The van der Waals surface area contributed by atoms with Gasteiger partial charge in [0, 0.05) is 18.9 Å². The molecule has 5 heteroatoms. The molecule has 3 nitrogen and oxygen atoms in total. The molecule has 0 radical (unpaired) electrons. The van der Waals surface area contributed by atoms with E-state index in [4.69, 9.17) is 5.11 Å². The average molecular weight is 242 g/mol. The lowest BCUT2D eigenvalue weighted by Crippen LogP contribution is -2.11. The van der Waals surface area contributed by atoms with Crippen molar-refractivity contribution in [1.82, 2.24) is 0 Å². The number of benzene rings is 1. The Morgan fingerprint density at radius 3 is 2.47 bits per heavy atom. The summed E-state index contributed by atoms with van der Waals surface area (Å²) in [6.07, 6.45) is -0.233. The fourth-order valence-corrected chi connectivity index (χ4v) is 1.51. The van der Waals surface area contributed by atoms with Gasteiger partial charge in [-0.05, 0) is 18.1 Å². The third-order valence-corrected chi connectivity index (χ3v) is 2.29. The van der Waals surface area contributed by atoms with Crippen molar-refractivity contribution >= 4 is 11.8 Å². The maximum Gasteiger partial charge on any atom is 0.303 e. The maximum absolute atomic E-state index is 13.2. The van der Waals surface area contributed by atoms with Gasteiger partial charge in [0.25, 0.3) is 0 Å². The number of hydrogen-bond acceptors (Lipinski definition) is 2. The first-order valence-corrected chi connectivity index (χ1v) is 5.10. The second kappa shape index (κ2) is 5.52.